The second-order valence-electron chi connectivity index (χ2n) is 5.84. The number of carbonyl (C=O) groups excluding carboxylic acids is 2. The molecule has 2 aromatic carbocycles. The van der Waals surface area contributed by atoms with E-state index >= 15 is 0 Å². The Labute approximate surface area is 145 Å². The molecule has 0 aliphatic carbocycles. The number of ether oxygens (including phenoxy) is 2. The van der Waals surface area contributed by atoms with Gasteiger partial charge in [0.1, 0.15) is 0 Å². The smallest absolute Gasteiger partial charge is 0.339 e. The zero-order valence-electron chi connectivity index (χ0n) is 14.6. The number of nitrogens with one attached hydrogen (secondary N) is 1. The minimum absolute atomic E-state index is 0.209. The SMILES string of the molecule is COC(=O)c1cc(C)c2[nH]c(-c3ccccc3)c(C)c2c1C(=O)OC. The van der Waals surface area contributed by atoms with Crippen LogP contribution in [0.1, 0.15) is 31.8 Å². The molecule has 3 rings (SSSR count). The van der Waals surface area contributed by atoms with E-state index in [4.69, 9.17) is 9.47 Å². The first-order valence-electron chi connectivity index (χ1n) is 7.87. The Hall–Kier alpha value is -3.08. The number of aromatic amines is 1. The minimum atomic E-state index is -0.563. The third kappa shape index (κ3) is 2.67. The summed E-state index contributed by atoms with van der Waals surface area (Å²) in [7, 11) is 2.59. The van der Waals surface area contributed by atoms with Crippen LogP contribution in [0.4, 0.5) is 0 Å². The Morgan fingerprint density at radius 1 is 0.960 bits per heavy atom. The molecule has 0 atom stereocenters. The van der Waals surface area contributed by atoms with Gasteiger partial charge in [0.25, 0.3) is 0 Å². The standard InChI is InChI=1S/C20H19NO4/c1-11-10-14(19(22)24-3)16(20(23)25-4)15-12(2)18(21-17(11)15)13-8-6-5-7-9-13/h5-10,21H,1-4H3. The summed E-state index contributed by atoms with van der Waals surface area (Å²) in [6.45, 7) is 3.81. The Kier molecular flexibility index (Phi) is 4.31. The van der Waals surface area contributed by atoms with Crippen molar-refractivity contribution < 1.29 is 19.1 Å². The average Bonchev–Trinajstić information content (AvgIpc) is 2.99. The van der Waals surface area contributed by atoms with Crippen LogP contribution in [-0.2, 0) is 9.47 Å². The van der Waals surface area contributed by atoms with Crippen molar-refractivity contribution >= 4 is 22.8 Å². The van der Waals surface area contributed by atoms with Gasteiger partial charge in [-0.2, -0.15) is 0 Å². The third-order valence-electron chi connectivity index (χ3n) is 4.38. The van der Waals surface area contributed by atoms with Gasteiger partial charge in [-0.15, -0.1) is 0 Å². The molecule has 25 heavy (non-hydrogen) atoms. The number of benzene rings is 2. The lowest BCUT2D eigenvalue weighted by atomic mass is 9.96. The van der Waals surface area contributed by atoms with Gasteiger partial charge in [0.15, 0.2) is 0 Å². The number of methoxy groups -OCH3 is 2. The zero-order valence-corrected chi connectivity index (χ0v) is 14.6. The van der Waals surface area contributed by atoms with Crippen LogP contribution in [0, 0.1) is 13.8 Å². The first kappa shape index (κ1) is 16.8. The van der Waals surface area contributed by atoms with E-state index in [1.54, 1.807) is 6.07 Å². The fraction of sp³-hybridized carbons (Fsp3) is 0.200. The number of H-pyrrole nitrogens is 1. The predicted octanol–water partition coefficient (Wildman–Crippen LogP) is 4.02. The van der Waals surface area contributed by atoms with Crippen molar-refractivity contribution in [2.24, 2.45) is 0 Å². The van der Waals surface area contributed by atoms with E-state index in [1.165, 1.54) is 14.2 Å². The monoisotopic (exact) mass is 337 g/mol. The van der Waals surface area contributed by atoms with E-state index < -0.39 is 11.9 Å². The second-order valence-corrected chi connectivity index (χ2v) is 5.84. The molecule has 0 amide bonds. The summed E-state index contributed by atoms with van der Waals surface area (Å²) < 4.78 is 9.78. The quantitative estimate of drug-likeness (QED) is 0.733. The van der Waals surface area contributed by atoms with E-state index in [0.29, 0.717) is 5.39 Å². The minimum Gasteiger partial charge on any atom is -0.465 e. The Morgan fingerprint density at radius 3 is 2.20 bits per heavy atom. The van der Waals surface area contributed by atoms with Crippen LogP contribution in [0.25, 0.3) is 22.2 Å². The molecular formula is C20H19NO4. The van der Waals surface area contributed by atoms with Crippen LogP contribution in [0.5, 0.6) is 0 Å². The molecule has 0 radical (unpaired) electrons. The highest BCUT2D eigenvalue weighted by molar-refractivity contribution is 6.15. The van der Waals surface area contributed by atoms with Crippen LogP contribution in [0.3, 0.4) is 0 Å². The van der Waals surface area contributed by atoms with Crippen molar-refractivity contribution in [3.8, 4) is 11.3 Å². The highest BCUT2D eigenvalue weighted by Gasteiger charge is 2.26. The Balaban J connectivity index is 2.42. The van der Waals surface area contributed by atoms with Crippen molar-refractivity contribution in [1.29, 1.82) is 0 Å². The van der Waals surface area contributed by atoms with Gasteiger partial charge in [-0.1, -0.05) is 30.3 Å². The molecule has 3 aromatic rings. The summed E-state index contributed by atoms with van der Waals surface area (Å²) in [5, 5.41) is 0.686. The molecule has 0 bridgehead atoms. The maximum absolute atomic E-state index is 12.4. The predicted molar refractivity (Wildman–Crippen MR) is 95.9 cm³/mol. The molecular weight excluding hydrogens is 318 g/mol. The summed E-state index contributed by atoms with van der Waals surface area (Å²) in [6.07, 6.45) is 0. The van der Waals surface area contributed by atoms with E-state index in [1.807, 2.05) is 44.2 Å². The van der Waals surface area contributed by atoms with E-state index in [9.17, 15) is 9.59 Å². The first-order valence-corrected chi connectivity index (χ1v) is 7.87. The van der Waals surface area contributed by atoms with Gasteiger partial charge in [0, 0.05) is 11.1 Å². The fourth-order valence-corrected chi connectivity index (χ4v) is 3.18. The molecule has 128 valence electrons. The van der Waals surface area contributed by atoms with Gasteiger partial charge >= 0.3 is 11.9 Å². The number of hydrogen-bond donors (Lipinski definition) is 1. The number of carbonyl (C=O) groups is 2. The molecule has 0 unspecified atom stereocenters. The number of aromatic nitrogens is 1. The van der Waals surface area contributed by atoms with Crippen molar-refractivity contribution in [2.75, 3.05) is 14.2 Å². The Bertz CT molecular complexity index is 971. The normalized spacial score (nSPS) is 10.7. The summed E-state index contributed by atoms with van der Waals surface area (Å²) in [5.74, 6) is -1.13. The molecule has 5 nitrogen and oxygen atoms in total. The number of hydrogen-bond acceptors (Lipinski definition) is 4. The second kappa shape index (κ2) is 6.43. The molecule has 0 saturated heterocycles. The summed E-state index contributed by atoms with van der Waals surface area (Å²) in [4.78, 5) is 28.0. The van der Waals surface area contributed by atoms with E-state index in [-0.39, 0.29) is 11.1 Å². The van der Waals surface area contributed by atoms with Gasteiger partial charge < -0.3 is 14.5 Å². The van der Waals surface area contributed by atoms with Crippen LogP contribution >= 0.6 is 0 Å². The van der Waals surface area contributed by atoms with Crippen LogP contribution in [0.2, 0.25) is 0 Å². The van der Waals surface area contributed by atoms with Gasteiger partial charge in [0.05, 0.1) is 30.9 Å². The molecule has 0 aliphatic rings. The van der Waals surface area contributed by atoms with Gasteiger partial charge in [0.2, 0.25) is 0 Å². The summed E-state index contributed by atoms with van der Waals surface area (Å²) in [5.41, 5.74) is 4.90. The average molecular weight is 337 g/mol. The molecule has 0 aliphatic heterocycles. The Morgan fingerprint density at radius 2 is 1.60 bits per heavy atom. The molecule has 0 saturated carbocycles. The van der Waals surface area contributed by atoms with Crippen molar-refractivity contribution in [3.63, 3.8) is 0 Å². The zero-order chi connectivity index (χ0) is 18.1. The van der Waals surface area contributed by atoms with Gasteiger partial charge in [-0.25, -0.2) is 9.59 Å². The fourth-order valence-electron chi connectivity index (χ4n) is 3.18. The van der Waals surface area contributed by atoms with Crippen LogP contribution < -0.4 is 0 Å². The van der Waals surface area contributed by atoms with Gasteiger partial charge in [-0.3, -0.25) is 0 Å². The molecule has 1 heterocycles. The van der Waals surface area contributed by atoms with Crippen LogP contribution in [0.15, 0.2) is 36.4 Å². The molecule has 1 N–H and O–H groups in total. The van der Waals surface area contributed by atoms with Crippen molar-refractivity contribution in [3.05, 3.63) is 58.7 Å². The highest BCUT2D eigenvalue weighted by atomic mass is 16.5. The summed E-state index contributed by atoms with van der Waals surface area (Å²) >= 11 is 0. The number of esters is 2. The molecule has 1 aromatic heterocycles. The lowest BCUT2D eigenvalue weighted by Gasteiger charge is -2.10. The lowest BCUT2D eigenvalue weighted by Crippen LogP contribution is -2.13. The largest absolute Gasteiger partial charge is 0.465 e. The summed E-state index contributed by atoms with van der Waals surface area (Å²) in [6, 6.07) is 11.5. The maximum atomic E-state index is 12.4. The van der Waals surface area contributed by atoms with Crippen LogP contribution in [-0.4, -0.2) is 31.1 Å². The lowest BCUT2D eigenvalue weighted by molar-refractivity contribution is 0.0557. The third-order valence-corrected chi connectivity index (χ3v) is 4.38. The van der Waals surface area contributed by atoms with E-state index in [2.05, 4.69) is 4.98 Å². The topological polar surface area (TPSA) is 68.4 Å². The molecule has 0 spiro atoms. The van der Waals surface area contributed by atoms with Gasteiger partial charge in [-0.05, 0) is 36.6 Å². The number of aryl methyl sites for hydroxylation is 2. The molecule has 0 fully saturated rings. The maximum Gasteiger partial charge on any atom is 0.339 e. The first-order chi connectivity index (χ1) is 12.0. The van der Waals surface area contributed by atoms with Crippen molar-refractivity contribution in [1.82, 2.24) is 4.98 Å². The number of rotatable bonds is 3. The van der Waals surface area contributed by atoms with E-state index in [0.717, 1.165) is 27.9 Å². The van der Waals surface area contributed by atoms with Crippen molar-refractivity contribution in [2.45, 2.75) is 13.8 Å². The number of fused-ring (bicyclic) bond motifs is 1. The molecule has 5 heteroatoms. The highest BCUT2D eigenvalue weighted by Crippen LogP contribution is 2.35.